The highest BCUT2D eigenvalue weighted by Gasteiger charge is 2.12. The van der Waals surface area contributed by atoms with Crippen LogP contribution in [0.25, 0.3) is 0 Å². The van der Waals surface area contributed by atoms with Gasteiger partial charge in [-0.25, -0.2) is 4.39 Å². The van der Waals surface area contributed by atoms with Gasteiger partial charge >= 0.3 is 0 Å². The van der Waals surface area contributed by atoms with Gasteiger partial charge in [-0.3, -0.25) is 4.79 Å². The van der Waals surface area contributed by atoms with Crippen LogP contribution in [-0.4, -0.2) is 49.9 Å². The number of amides is 1. The monoisotopic (exact) mass is 253 g/mol. The van der Waals surface area contributed by atoms with Gasteiger partial charge in [0.1, 0.15) is 5.82 Å². The second kappa shape index (κ2) is 6.35. The Hall–Kier alpha value is -1.62. The minimum Gasteiger partial charge on any atom is -0.399 e. The van der Waals surface area contributed by atoms with Gasteiger partial charge in [0.05, 0.1) is 0 Å². The van der Waals surface area contributed by atoms with Crippen molar-refractivity contribution in [2.75, 3.05) is 40.0 Å². The Labute approximate surface area is 107 Å². The van der Waals surface area contributed by atoms with Crippen molar-refractivity contribution in [2.45, 2.75) is 6.42 Å². The maximum Gasteiger partial charge on any atom is 0.253 e. The molecule has 18 heavy (non-hydrogen) atoms. The Kier molecular flexibility index (Phi) is 5.09. The molecule has 1 aromatic rings. The Morgan fingerprint density at radius 2 is 1.89 bits per heavy atom. The molecule has 2 N–H and O–H groups in total. The Bertz CT molecular complexity index is 400. The molecule has 4 nitrogen and oxygen atoms in total. The van der Waals surface area contributed by atoms with Crippen molar-refractivity contribution in [1.82, 2.24) is 9.80 Å². The summed E-state index contributed by atoms with van der Waals surface area (Å²) in [6.45, 7) is 1.54. The number of nitrogens with two attached hydrogens (primary N) is 1. The molecule has 0 aliphatic carbocycles. The van der Waals surface area contributed by atoms with Crippen molar-refractivity contribution in [2.24, 2.45) is 0 Å². The molecule has 100 valence electrons. The quantitative estimate of drug-likeness (QED) is 0.808. The first-order valence-corrected chi connectivity index (χ1v) is 5.86. The topological polar surface area (TPSA) is 49.6 Å². The lowest BCUT2D eigenvalue weighted by atomic mass is 10.1. The van der Waals surface area contributed by atoms with E-state index in [9.17, 15) is 9.18 Å². The van der Waals surface area contributed by atoms with Gasteiger partial charge in [0.25, 0.3) is 5.91 Å². The number of halogens is 1. The maximum absolute atomic E-state index is 13.2. The van der Waals surface area contributed by atoms with Crippen molar-refractivity contribution in [3.8, 4) is 0 Å². The average molecular weight is 253 g/mol. The first-order chi connectivity index (χ1) is 8.40. The van der Waals surface area contributed by atoms with Crippen LogP contribution < -0.4 is 5.73 Å². The van der Waals surface area contributed by atoms with E-state index in [0.29, 0.717) is 12.1 Å². The van der Waals surface area contributed by atoms with Crippen molar-refractivity contribution >= 4 is 11.6 Å². The molecule has 0 aromatic heterocycles. The molecule has 0 saturated heterocycles. The van der Waals surface area contributed by atoms with E-state index in [-0.39, 0.29) is 11.6 Å². The van der Waals surface area contributed by atoms with Crippen LogP contribution in [0.1, 0.15) is 16.8 Å². The fourth-order valence-corrected chi connectivity index (χ4v) is 1.68. The number of nitrogen functional groups attached to an aromatic ring is 1. The summed E-state index contributed by atoms with van der Waals surface area (Å²) < 4.78 is 13.2. The first kappa shape index (κ1) is 14.4. The number of hydrogen-bond acceptors (Lipinski definition) is 3. The third-order valence-corrected chi connectivity index (χ3v) is 2.61. The Morgan fingerprint density at radius 3 is 2.44 bits per heavy atom. The summed E-state index contributed by atoms with van der Waals surface area (Å²) in [4.78, 5) is 15.7. The number of benzene rings is 1. The van der Waals surface area contributed by atoms with Crippen LogP contribution in [0.5, 0.6) is 0 Å². The van der Waals surface area contributed by atoms with Gasteiger partial charge in [-0.05, 0) is 45.3 Å². The molecule has 0 spiro atoms. The number of hydrogen-bond donors (Lipinski definition) is 1. The Morgan fingerprint density at radius 1 is 1.22 bits per heavy atom. The second-order valence-electron chi connectivity index (χ2n) is 4.66. The van der Waals surface area contributed by atoms with Gasteiger partial charge in [0.15, 0.2) is 0 Å². The smallest absolute Gasteiger partial charge is 0.253 e. The SMILES string of the molecule is CN(C)CCCN(C)C(=O)c1cc(N)cc(F)c1. The van der Waals surface area contributed by atoms with E-state index in [0.717, 1.165) is 13.0 Å². The number of nitrogens with zero attached hydrogens (tertiary/aromatic N) is 2. The van der Waals surface area contributed by atoms with Crippen LogP contribution in [-0.2, 0) is 0 Å². The largest absolute Gasteiger partial charge is 0.399 e. The highest BCUT2D eigenvalue weighted by Crippen LogP contribution is 2.12. The van der Waals surface area contributed by atoms with E-state index in [2.05, 4.69) is 4.90 Å². The molecule has 1 aromatic carbocycles. The lowest BCUT2D eigenvalue weighted by Gasteiger charge is -2.18. The van der Waals surface area contributed by atoms with Crippen molar-refractivity contribution in [3.05, 3.63) is 29.6 Å². The van der Waals surface area contributed by atoms with E-state index >= 15 is 0 Å². The predicted molar refractivity (Wildman–Crippen MR) is 70.9 cm³/mol. The standard InChI is InChI=1S/C13H20FN3O/c1-16(2)5-4-6-17(3)13(18)10-7-11(14)9-12(15)8-10/h7-9H,4-6,15H2,1-3H3. The lowest BCUT2D eigenvalue weighted by molar-refractivity contribution is 0.0790. The zero-order valence-corrected chi connectivity index (χ0v) is 11.1. The summed E-state index contributed by atoms with van der Waals surface area (Å²) >= 11 is 0. The number of anilines is 1. The van der Waals surface area contributed by atoms with Crippen molar-refractivity contribution in [3.63, 3.8) is 0 Å². The van der Waals surface area contributed by atoms with E-state index < -0.39 is 5.82 Å². The molecule has 1 amide bonds. The van der Waals surface area contributed by atoms with Crippen LogP contribution >= 0.6 is 0 Å². The highest BCUT2D eigenvalue weighted by molar-refractivity contribution is 5.94. The maximum atomic E-state index is 13.2. The molecule has 0 atom stereocenters. The molecule has 0 aliphatic rings. The van der Waals surface area contributed by atoms with Gasteiger partial charge in [-0.15, -0.1) is 0 Å². The average Bonchev–Trinajstić information content (AvgIpc) is 2.26. The third kappa shape index (κ3) is 4.33. The van der Waals surface area contributed by atoms with Gasteiger partial charge < -0.3 is 15.5 Å². The number of rotatable bonds is 5. The van der Waals surface area contributed by atoms with Crippen LogP contribution in [0.4, 0.5) is 10.1 Å². The van der Waals surface area contributed by atoms with Gasteiger partial charge in [0.2, 0.25) is 0 Å². The molecule has 1 rings (SSSR count). The molecule has 0 heterocycles. The minimum absolute atomic E-state index is 0.208. The predicted octanol–water partition coefficient (Wildman–Crippen LogP) is 1.43. The number of carbonyl (C=O) groups excluding carboxylic acids is 1. The van der Waals surface area contributed by atoms with E-state index in [1.54, 1.807) is 11.9 Å². The molecule has 0 fully saturated rings. The molecule has 0 bridgehead atoms. The summed E-state index contributed by atoms with van der Waals surface area (Å²) in [5.74, 6) is -0.694. The molecular formula is C13H20FN3O. The van der Waals surface area contributed by atoms with E-state index in [4.69, 9.17) is 5.73 Å². The molecular weight excluding hydrogens is 233 g/mol. The normalized spacial score (nSPS) is 10.7. The van der Waals surface area contributed by atoms with Crippen molar-refractivity contribution < 1.29 is 9.18 Å². The van der Waals surface area contributed by atoms with Crippen LogP contribution in [0, 0.1) is 5.82 Å². The minimum atomic E-state index is -0.486. The zero-order valence-electron chi connectivity index (χ0n) is 11.1. The summed E-state index contributed by atoms with van der Waals surface area (Å²) in [7, 11) is 5.67. The van der Waals surface area contributed by atoms with Gasteiger partial charge in [-0.2, -0.15) is 0 Å². The summed E-state index contributed by atoms with van der Waals surface area (Å²) in [6.07, 6.45) is 0.875. The van der Waals surface area contributed by atoms with Crippen LogP contribution in [0.3, 0.4) is 0 Å². The van der Waals surface area contributed by atoms with E-state index in [1.807, 2.05) is 14.1 Å². The molecule has 0 unspecified atom stereocenters. The van der Waals surface area contributed by atoms with Crippen LogP contribution in [0.15, 0.2) is 18.2 Å². The third-order valence-electron chi connectivity index (χ3n) is 2.61. The summed E-state index contributed by atoms with van der Waals surface area (Å²) in [6, 6.07) is 3.90. The molecule has 0 aliphatic heterocycles. The zero-order chi connectivity index (χ0) is 13.7. The molecule has 5 heteroatoms. The highest BCUT2D eigenvalue weighted by atomic mass is 19.1. The van der Waals surface area contributed by atoms with Gasteiger partial charge in [0, 0.05) is 24.8 Å². The first-order valence-electron chi connectivity index (χ1n) is 5.86. The van der Waals surface area contributed by atoms with E-state index in [1.165, 1.54) is 18.2 Å². The second-order valence-corrected chi connectivity index (χ2v) is 4.66. The summed E-state index contributed by atoms with van der Waals surface area (Å²) in [5.41, 5.74) is 6.08. The molecule has 0 radical (unpaired) electrons. The lowest BCUT2D eigenvalue weighted by Crippen LogP contribution is -2.29. The van der Waals surface area contributed by atoms with Gasteiger partial charge in [-0.1, -0.05) is 0 Å². The fourth-order valence-electron chi connectivity index (χ4n) is 1.68. The van der Waals surface area contributed by atoms with Crippen molar-refractivity contribution in [1.29, 1.82) is 0 Å². The number of carbonyl (C=O) groups is 1. The Balaban J connectivity index is 2.62. The fraction of sp³-hybridized carbons (Fsp3) is 0.462. The summed E-state index contributed by atoms with van der Waals surface area (Å²) in [5, 5.41) is 0. The van der Waals surface area contributed by atoms with Crippen LogP contribution in [0.2, 0.25) is 0 Å². The molecule has 0 saturated carbocycles.